The van der Waals surface area contributed by atoms with Crippen molar-refractivity contribution >= 4 is 17.5 Å². The van der Waals surface area contributed by atoms with Gasteiger partial charge in [-0.1, -0.05) is 12.8 Å². The highest BCUT2D eigenvalue weighted by Crippen LogP contribution is 2.18. The monoisotopic (exact) mass is 298 g/mol. The Bertz CT molecular complexity index is 531. The zero-order chi connectivity index (χ0) is 15.4. The van der Waals surface area contributed by atoms with Gasteiger partial charge in [-0.05, 0) is 25.0 Å². The molecule has 1 aromatic carbocycles. The Morgan fingerprint density at radius 3 is 2.29 bits per heavy atom. The molecular weight excluding hydrogens is 282 g/mol. The molecule has 3 N–H and O–H groups in total. The van der Waals surface area contributed by atoms with Crippen molar-refractivity contribution < 1.29 is 23.5 Å². The average Bonchev–Trinajstić information content (AvgIpc) is 2.40. The van der Waals surface area contributed by atoms with Gasteiger partial charge in [0, 0.05) is 11.8 Å². The SMILES string of the molecule is O=C(Nc1cc(F)cc(F)c1)C(=O)NC1CCCCC1O. The van der Waals surface area contributed by atoms with Crippen LogP contribution in [0.3, 0.4) is 0 Å². The maximum Gasteiger partial charge on any atom is 0.313 e. The molecule has 0 aliphatic heterocycles. The third-order valence-corrected chi connectivity index (χ3v) is 3.37. The second-order valence-corrected chi connectivity index (χ2v) is 5.04. The average molecular weight is 298 g/mol. The zero-order valence-corrected chi connectivity index (χ0v) is 11.2. The lowest BCUT2D eigenvalue weighted by atomic mass is 9.92. The van der Waals surface area contributed by atoms with Crippen LogP contribution >= 0.6 is 0 Å². The number of halogens is 2. The van der Waals surface area contributed by atoms with Gasteiger partial charge in [-0.2, -0.15) is 0 Å². The van der Waals surface area contributed by atoms with E-state index in [0.717, 1.165) is 25.0 Å². The quantitative estimate of drug-likeness (QED) is 0.721. The molecule has 2 atom stereocenters. The number of hydrogen-bond acceptors (Lipinski definition) is 3. The molecule has 21 heavy (non-hydrogen) atoms. The summed E-state index contributed by atoms with van der Waals surface area (Å²) in [7, 11) is 0. The van der Waals surface area contributed by atoms with Crippen LogP contribution in [0, 0.1) is 11.6 Å². The number of nitrogens with one attached hydrogen (secondary N) is 2. The minimum atomic E-state index is -1.03. The summed E-state index contributed by atoms with van der Waals surface area (Å²) in [6, 6.07) is 2.00. The molecule has 5 nitrogen and oxygen atoms in total. The minimum absolute atomic E-state index is 0.142. The van der Waals surface area contributed by atoms with E-state index in [1.165, 1.54) is 0 Å². The summed E-state index contributed by atoms with van der Waals surface area (Å²) in [6.07, 6.45) is 2.22. The highest BCUT2D eigenvalue weighted by molar-refractivity contribution is 6.39. The van der Waals surface area contributed by atoms with Crippen molar-refractivity contribution in [2.75, 3.05) is 5.32 Å². The van der Waals surface area contributed by atoms with Gasteiger partial charge in [0.2, 0.25) is 0 Å². The van der Waals surface area contributed by atoms with Crippen molar-refractivity contribution in [1.29, 1.82) is 0 Å². The van der Waals surface area contributed by atoms with Crippen LogP contribution < -0.4 is 10.6 Å². The highest BCUT2D eigenvalue weighted by Gasteiger charge is 2.26. The van der Waals surface area contributed by atoms with Gasteiger partial charge in [0.15, 0.2) is 0 Å². The second kappa shape index (κ2) is 6.62. The van der Waals surface area contributed by atoms with E-state index in [1.807, 2.05) is 0 Å². The molecule has 2 amide bonds. The predicted molar refractivity (Wildman–Crippen MR) is 71.4 cm³/mol. The van der Waals surface area contributed by atoms with E-state index >= 15 is 0 Å². The van der Waals surface area contributed by atoms with Crippen molar-refractivity contribution in [3.05, 3.63) is 29.8 Å². The number of benzene rings is 1. The van der Waals surface area contributed by atoms with Crippen molar-refractivity contribution in [2.24, 2.45) is 0 Å². The van der Waals surface area contributed by atoms with E-state index in [4.69, 9.17) is 0 Å². The van der Waals surface area contributed by atoms with Crippen LogP contribution in [-0.2, 0) is 9.59 Å². The van der Waals surface area contributed by atoms with Gasteiger partial charge in [0.05, 0.1) is 12.1 Å². The predicted octanol–water partition coefficient (Wildman–Crippen LogP) is 1.32. The van der Waals surface area contributed by atoms with Gasteiger partial charge >= 0.3 is 11.8 Å². The Balaban J connectivity index is 1.94. The van der Waals surface area contributed by atoms with E-state index in [1.54, 1.807) is 0 Å². The van der Waals surface area contributed by atoms with E-state index < -0.39 is 35.6 Å². The molecule has 0 bridgehead atoms. The number of aliphatic hydroxyl groups is 1. The van der Waals surface area contributed by atoms with Crippen molar-refractivity contribution in [3.63, 3.8) is 0 Å². The Kier molecular flexibility index (Phi) is 4.85. The maximum absolute atomic E-state index is 13.0. The van der Waals surface area contributed by atoms with E-state index in [2.05, 4.69) is 10.6 Å². The Hall–Kier alpha value is -2.02. The molecule has 1 fully saturated rings. The molecule has 0 saturated heterocycles. The third-order valence-electron chi connectivity index (χ3n) is 3.37. The summed E-state index contributed by atoms with van der Waals surface area (Å²) in [5, 5.41) is 14.3. The van der Waals surface area contributed by atoms with Gasteiger partial charge < -0.3 is 15.7 Å². The summed E-state index contributed by atoms with van der Waals surface area (Å²) in [4.78, 5) is 23.4. The zero-order valence-electron chi connectivity index (χ0n) is 11.2. The first-order valence-corrected chi connectivity index (χ1v) is 6.71. The Morgan fingerprint density at radius 2 is 1.67 bits per heavy atom. The number of hydrogen-bond donors (Lipinski definition) is 3. The van der Waals surface area contributed by atoms with E-state index in [0.29, 0.717) is 18.9 Å². The topological polar surface area (TPSA) is 78.4 Å². The summed E-state index contributed by atoms with van der Waals surface area (Å²) in [5.74, 6) is -3.68. The number of amides is 2. The lowest BCUT2D eigenvalue weighted by Gasteiger charge is -2.27. The number of rotatable bonds is 2. The van der Waals surface area contributed by atoms with Gasteiger partial charge in [-0.15, -0.1) is 0 Å². The number of anilines is 1. The van der Waals surface area contributed by atoms with Crippen molar-refractivity contribution in [3.8, 4) is 0 Å². The fraction of sp³-hybridized carbons (Fsp3) is 0.429. The van der Waals surface area contributed by atoms with Crippen LogP contribution in [0.4, 0.5) is 14.5 Å². The van der Waals surface area contributed by atoms with Gasteiger partial charge in [-0.3, -0.25) is 9.59 Å². The first-order valence-electron chi connectivity index (χ1n) is 6.71. The standard InChI is InChI=1S/C14H16F2N2O3/c15-8-5-9(16)7-10(6-8)17-13(20)14(21)18-11-3-1-2-4-12(11)19/h5-7,11-12,19H,1-4H2,(H,17,20)(H,18,21). The summed E-state index contributed by atoms with van der Waals surface area (Å²) in [6.45, 7) is 0. The highest BCUT2D eigenvalue weighted by atomic mass is 19.1. The molecular formula is C14H16F2N2O3. The van der Waals surface area contributed by atoms with Crippen LogP contribution in [-0.4, -0.2) is 29.1 Å². The smallest absolute Gasteiger partial charge is 0.313 e. The second-order valence-electron chi connectivity index (χ2n) is 5.04. The van der Waals surface area contributed by atoms with Crippen LogP contribution in [0.25, 0.3) is 0 Å². The fourth-order valence-corrected chi connectivity index (χ4v) is 2.33. The van der Waals surface area contributed by atoms with Crippen LogP contribution in [0.1, 0.15) is 25.7 Å². The van der Waals surface area contributed by atoms with Gasteiger partial charge in [0.25, 0.3) is 0 Å². The lowest BCUT2D eigenvalue weighted by Crippen LogP contribution is -2.48. The fourth-order valence-electron chi connectivity index (χ4n) is 2.33. The van der Waals surface area contributed by atoms with Crippen LogP contribution in [0.15, 0.2) is 18.2 Å². The number of carbonyl (C=O) groups is 2. The van der Waals surface area contributed by atoms with E-state index in [9.17, 15) is 23.5 Å². The Morgan fingerprint density at radius 1 is 1.05 bits per heavy atom. The first-order chi connectivity index (χ1) is 9.95. The summed E-state index contributed by atoms with van der Waals surface area (Å²) >= 11 is 0. The molecule has 2 rings (SSSR count). The number of aliphatic hydroxyl groups excluding tert-OH is 1. The first kappa shape index (κ1) is 15.4. The van der Waals surface area contributed by atoms with Crippen LogP contribution in [0.2, 0.25) is 0 Å². The van der Waals surface area contributed by atoms with Gasteiger partial charge in [0.1, 0.15) is 11.6 Å². The van der Waals surface area contributed by atoms with Crippen molar-refractivity contribution in [1.82, 2.24) is 5.32 Å². The molecule has 0 radical (unpaired) electrons. The Labute approximate surface area is 120 Å². The molecule has 1 aliphatic rings. The molecule has 114 valence electrons. The molecule has 0 spiro atoms. The molecule has 0 aromatic heterocycles. The lowest BCUT2D eigenvalue weighted by molar-refractivity contribution is -0.137. The maximum atomic E-state index is 13.0. The largest absolute Gasteiger partial charge is 0.391 e. The molecule has 0 heterocycles. The van der Waals surface area contributed by atoms with Crippen molar-refractivity contribution in [2.45, 2.75) is 37.8 Å². The van der Waals surface area contributed by atoms with Gasteiger partial charge in [-0.25, -0.2) is 8.78 Å². The molecule has 1 saturated carbocycles. The summed E-state index contributed by atoms with van der Waals surface area (Å²) in [5.41, 5.74) is -0.142. The van der Waals surface area contributed by atoms with E-state index in [-0.39, 0.29) is 5.69 Å². The third kappa shape index (κ3) is 4.22. The molecule has 1 aromatic rings. The molecule has 2 unspecified atom stereocenters. The van der Waals surface area contributed by atoms with Crippen LogP contribution in [0.5, 0.6) is 0 Å². The normalized spacial score (nSPS) is 21.7. The molecule has 1 aliphatic carbocycles. The minimum Gasteiger partial charge on any atom is -0.391 e. The number of carbonyl (C=O) groups excluding carboxylic acids is 2. The summed E-state index contributed by atoms with van der Waals surface area (Å²) < 4.78 is 26.0. The molecule has 7 heteroatoms.